The van der Waals surface area contributed by atoms with Crippen LogP contribution < -0.4 is 5.69 Å². The standard InChI is InChI=1S/C16H28N4O3Si/c1-19-15-13(11-17-14(18-15)7-6-8-22-2)20(16(19)21)12-23-9-10-24(3,4)5/h11H,6-10,12H2,1-5H3. The van der Waals surface area contributed by atoms with Crippen molar-refractivity contribution in [3.63, 3.8) is 0 Å². The molecule has 7 nitrogen and oxygen atoms in total. The summed E-state index contributed by atoms with van der Waals surface area (Å²) in [6, 6.07) is 1.08. The molecule has 2 aromatic heterocycles. The molecule has 0 radical (unpaired) electrons. The molecule has 2 aromatic rings. The molecule has 0 N–H and O–H groups in total. The van der Waals surface area contributed by atoms with Crippen molar-refractivity contribution in [2.75, 3.05) is 20.3 Å². The Morgan fingerprint density at radius 2 is 2.00 bits per heavy atom. The van der Waals surface area contributed by atoms with Crippen LogP contribution in [0.2, 0.25) is 25.7 Å². The number of rotatable bonds is 9. The summed E-state index contributed by atoms with van der Waals surface area (Å²) in [4.78, 5) is 21.3. The van der Waals surface area contributed by atoms with Crippen LogP contribution in [-0.2, 0) is 29.7 Å². The topological polar surface area (TPSA) is 71.2 Å². The van der Waals surface area contributed by atoms with E-state index in [2.05, 4.69) is 29.6 Å². The molecule has 24 heavy (non-hydrogen) atoms. The maximum atomic E-state index is 12.4. The number of hydrogen-bond acceptors (Lipinski definition) is 5. The second-order valence-electron chi connectivity index (χ2n) is 7.21. The summed E-state index contributed by atoms with van der Waals surface area (Å²) >= 11 is 0. The van der Waals surface area contributed by atoms with E-state index in [9.17, 15) is 4.79 Å². The molecule has 0 aliphatic rings. The molecule has 134 valence electrons. The summed E-state index contributed by atoms with van der Waals surface area (Å²) in [5.74, 6) is 0.729. The number of aromatic nitrogens is 4. The smallest absolute Gasteiger partial charge is 0.332 e. The summed E-state index contributed by atoms with van der Waals surface area (Å²) in [6.45, 7) is 8.51. The molecule has 2 heterocycles. The summed E-state index contributed by atoms with van der Waals surface area (Å²) in [5, 5.41) is 0. The van der Waals surface area contributed by atoms with E-state index in [1.165, 1.54) is 0 Å². The van der Waals surface area contributed by atoms with Gasteiger partial charge in [-0.15, -0.1) is 0 Å². The Morgan fingerprint density at radius 3 is 2.67 bits per heavy atom. The van der Waals surface area contributed by atoms with Crippen LogP contribution in [-0.4, -0.2) is 47.5 Å². The molecular formula is C16H28N4O3Si. The van der Waals surface area contributed by atoms with Crippen LogP contribution in [0.1, 0.15) is 12.2 Å². The average Bonchev–Trinajstić information content (AvgIpc) is 2.75. The molecule has 0 spiro atoms. The summed E-state index contributed by atoms with van der Waals surface area (Å²) in [7, 11) is 2.27. The maximum absolute atomic E-state index is 12.4. The van der Waals surface area contributed by atoms with Crippen molar-refractivity contribution in [1.82, 2.24) is 19.1 Å². The maximum Gasteiger partial charge on any atom is 0.332 e. The van der Waals surface area contributed by atoms with E-state index in [1.807, 2.05) is 0 Å². The summed E-state index contributed by atoms with van der Waals surface area (Å²) < 4.78 is 13.9. The minimum absolute atomic E-state index is 0.124. The van der Waals surface area contributed by atoms with Gasteiger partial charge in [0.05, 0.1) is 6.20 Å². The monoisotopic (exact) mass is 352 g/mol. The average molecular weight is 353 g/mol. The molecule has 0 aliphatic carbocycles. The minimum Gasteiger partial charge on any atom is -0.385 e. The Labute approximate surface area is 143 Å². The Kier molecular flexibility index (Phi) is 6.31. The van der Waals surface area contributed by atoms with Crippen LogP contribution >= 0.6 is 0 Å². The highest BCUT2D eigenvalue weighted by Gasteiger charge is 2.15. The highest BCUT2D eigenvalue weighted by molar-refractivity contribution is 6.76. The fourth-order valence-electron chi connectivity index (χ4n) is 2.37. The Hall–Kier alpha value is -1.51. The van der Waals surface area contributed by atoms with Gasteiger partial charge in [0.15, 0.2) is 5.65 Å². The molecule has 0 amide bonds. The lowest BCUT2D eigenvalue weighted by Crippen LogP contribution is -2.25. The fourth-order valence-corrected chi connectivity index (χ4v) is 3.12. The van der Waals surface area contributed by atoms with Gasteiger partial charge in [0.25, 0.3) is 0 Å². The van der Waals surface area contributed by atoms with Crippen molar-refractivity contribution in [3.05, 3.63) is 22.5 Å². The second kappa shape index (κ2) is 8.04. The third kappa shape index (κ3) is 4.75. The van der Waals surface area contributed by atoms with E-state index in [0.29, 0.717) is 24.4 Å². The Morgan fingerprint density at radius 1 is 1.25 bits per heavy atom. The Balaban J connectivity index is 2.13. The van der Waals surface area contributed by atoms with Crippen molar-refractivity contribution < 1.29 is 9.47 Å². The zero-order valence-electron chi connectivity index (χ0n) is 15.3. The van der Waals surface area contributed by atoms with Crippen LogP contribution in [0.4, 0.5) is 0 Å². The largest absolute Gasteiger partial charge is 0.385 e. The quantitative estimate of drug-likeness (QED) is 0.510. The van der Waals surface area contributed by atoms with E-state index >= 15 is 0 Å². The molecule has 0 saturated heterocycles. The van der Waals surface area contributed by atoms with Gasteiger partial charge in [-0.3, -0.25) is 9.13 Å². The zero-order valence-corrected chi connectivity index (χ0v) is 16.3. The Bertz CT molecular complexity index is 733. The van der Waals surface area contributed by atoms with Gasteiger partial charge in [0, 0.05) is 41.9 Å². The van der Waals surface area contributed by atoms with E-state index < -0.39 is 8.07 Å². The van der Waals surface area contributed by atoms with Crippen LogP contribution in [0, 0.1) is 0 Å². The first kappa shape index (κ1) is 18.8. The number of aryl methyl sites for hydroxylation is 2. The number of methoxy groups -OCH3 is 1. The molecule has 0 aliphatic heterocycles. The molecule has 0 fully saturated rings. The van der Waals surface area contributed by atoms with Gasteiger partial charge >= 0.3 is 5.69 Å². The first-order valence-electron chi connectivity index (χ1n) is 8.31. The molecular weight excluding hydrogens is 324 g/mol. The van der Waals surface area contributed by atoms with E-state index in [-0.39, 0.29) is 12.4 Å². The minimum atomic E-state index is -1.13. The predicted octanol–water partition coefficient (Wildman–Crippen LogP) is 2.02. The molecule has 0 atom stereocenters. The normalized spacial score (nSPS) is 12.2. The molecule has 0 aromatic carbocycles. The SMILES string of the molecule is COCCCc1ncc2c(n1)n(C)c(=O)n2COCC[Si](C)(C)C. The number of imidazole rings is 1. The highest BCUT2D eigenvalue weighted by Crippen LogP contribution is 2.11. The predicted molar refractivity (Wildman–Crippen MR) is 97.1 cm³/mol. The van der Waals surface area contributed by atoms with Gasteiger partial charge in [-0.05, 0) is 12.5 Å². The molecule has 0 saturated carbocycles. The number of ether oxygens (including phenoxy) is 2. The molecule has 2 rings (SSSR count). The van der Waals surface area contributed by atoms with Crippen molar-refractivity contribution in [2.24, 2.45) is 7.05 Å². The van der Waals surface area contributed by atoms with Crippen molar-refractivity contribution in [2.45, 2.75) is 45.3 Å². The number of nitrogens with zero attached hydrogens (tertiary/aromatic N) is 4. The van der Waals surface area contributed by atoms with Crippen molar-refractivity contribution >= 4 is 19.2 Å². The van der Waals surface area contributed by atoms with E-state index in [1.54, 1.807) is 29.5 Å². The third-order valence-corrected chi connectivity index (χ3v) is 5.60. The van der Waals surface area contributed by atoms with Gasteiger partial charge in [-0.1, -0.05) is 19.6 Å². The summed E-state index contributed by atoms with van der Waals surface area (Å²) in [6.07, 6.45) is 3.31. The zero-order chi connectivity index (χ0) is 17.7. The van der Waals surface area contributed by atoms with Gasteiger partial charge in [-0.25, -0.2) is 14.8 Å². The molecule has 0 bridgehead atoms. The molecule has 8 heteroatoms. The fraction of sp³-hybridized carbons (Fsp3) is 0.688. The lowest BCUT2D eigenvalue weighted by atomic mass is 10.3. The van der Waals surface area contributed by atoms with Gasteiger partial charge < -0.3 is 9.47 Å². The lowest BCUT2D eigenvalue weighted by Gasteiger charge is -2.15. The van der Waals surface area contributed by atoms with Crippen LogP contribution in [0.3, 0.4) is 0 Å². The summed E-state index contributed by atoms with van der Waals surface area (Å²) in [5.41, 5.74) is 1.24. The first-order valence-corrected chi connectivity index (χ1v) is 12.0. The lowest BCUT2D eigenvalue weighted by molar-refractivity contribution is 0.0873. The first-order chi connectivity index (χ1) is 11.3. The van der Waals surface area contributed by atoms with E-state index in [4.69, 9.17) is 9.47 Å². The van der Waals surface area contributed by atoms with Crippen molar-refractivity contribution in [1.29, 1.82) is 0 Å². The van der Waals surface area contributed by atoms with Crippen molar-refractivity contribution in [3.8, 4) is 0 Å². The van der Waals surface area contributed by atoms with Crippen LogP contribution in [0.25, 0.3) is 11.2 Å². The van der Waals surface area contributed by atoms with Gasteiger partial charge in [-0.2, -0.15) is 0 Å². The van der Waals surface area contributed by atoms with Gasteiger partial charge in [0.1, 0.15) is 18.1 Å². The highest BCUT2D eigenvalue weighted by atomic mass is 28.3. The van der Waals surface area contributed by atoms with Crippen LogP contribution in [0.15, 0.2) is 11.0 Å². The second-order valence-corrected chi connectivity index (χ2v) is 12.8. The van der Waals surface area contributed by atoms with E-state index in [0.717, 1.165) is 24.7 Å². The van der Waals surface area contributed by atoms with Gasteiger partial charge in [0.2, 0.25) is 0 Å². The van der Waals surface area contributed by atoms with Crippen LogP contribution in [0.5, 0.6) is 0 Å². The number of fused-ring (bicyclic) bond motifs is 1. The third-order valence-electron chi connectivity index (χ3n) is 3.89. The molecule has 0 unspecified atom stereocenters. The number of hydrogen-bond donors (Lipinski definition) is 0.